The van der Waals surface area contributed by atoms with Crippen LogP contribution in [0.1, 0.15) is 48.1 Å². The Morgan fingerprint density at radius 1 is 1.10 bits per heavy atom. The molecule has 2 heterocycles. The molecule has 5 rings (SSSR count). The predicted molar refractivity (Wildman–Crippen MR) is 148 cm³/mol. The predicted octanol–water partition coefficient (Wildman–Crippen LogP) is 3.47. The van der Waals surface area contributed by atoms with Crippen molar-refractivity contribution in [1.29, 1.82) is 0 Å². The van der Waals surface area contributed by atoms with E-state index in [0.29, 0.717) is 40.9 Å². The third-order valence-corrected chi connectivity index (χ3v) is 7.60. The quantitative estimate of drug-likeness (QED) is 0.203. The molecule has 218 valence electrons. The molecule has 0 amide bonds. The first-order valence-corrected chi connectivity index (χ1v) is 13.0. The van der Waals surface area contributed by atoms with Crippen molar-refractivity contribution < 1.29 is 43.3 Å². The summed E-state index contributed by atoms with van der Waals surface area (Å²) in [6, 6.07) is 5.24. The van der Waals surface area contributed by atoms with Crippen molar-refractivity contribution >= 4 is 17.3 Å². The highest BCUT2D eigenvalue weighted by atomic mass is 16.5. The SMILES string of the molecule is COc1ccc(-c2noc(CCN/C(C)=C3\C(=O)C=C4Oc5c(C(C)=O)c(O)c(C)c(O)c5[C@]4(C)C3=O)n2)cc1OC. The fourth-order valence-corrected chi connectivity index (χ4v) is 5.26. The van der Waals surface area contributed by atoms with Gasteiger partial charge >= 0.3 is 0 Å². The number of hydrogen-bond acceptors (Lipinski definition) is 12. The van der Waals surface area contributed by atoms with Crippen LogP contribution in [0.3, 0.4) is 0 Å². The number of aromatic nitrogens is 2. The monoisotopic (exact) mass is 575 g/mol. The van der Waals surface area contributed by atoms with E-state index in [4.69, 9.17) is 18.7 Å². The second kappa shape index (κ2) is 10.4. The molecule has 2 aromatic carbocycles. The highest BCUT2D eigenvalue weighted by molar-refractivity contribution is 6.31. The molecule has 0 saturated carbocycles. The van der Waals surface area contributed by atoms with Gasteiger partial charge in [-0.15, -0.1) is 0 Å². The van der Waals surface area contributed by atoms with Gasteiger partial charge in [-0.25, -0.2) is 0 Å². The maximum atomic E-state index is 13.9. The van der Waals surface area contributed by atoms with Crippen LogP contribution >= 0.6 is 0 Å². The Kier molecular flexibility index (Phi) is 7.01. The smallest absolute Gasteiger partial charge is 0.228 e. The first kappa shape index (κ1) is 28.4. The van der Waals surface area contributed by atoms with E-state index in [9.17, 15) is 24.6 Å². The first-order valence-electron chi connectivity index (χ1n) is 13.0. The molecule has 0 spiro atoms. The second-order valence-corrected chi connectivity index (χ2v) is 10.1. The van der Waals surface area contributed by atoms with Crippen molar-refractivity contribution in [3.05, 3.63) is 63.9 Å². The summed E-state index contributed by atoms with van der Waals surface area (Å²) in [6.45, 7) is 6.03. The van der Waals surface area contributed by atoms with Gasteiger partial charge in [0.05, 0.1) is 25.4 Å². The molecule has 1 aliphatic heterocycles. The third-order valence-electron chi connectivity index (χ3n) is 7.60. The van der Waals surface area contributed by atoms with Gasteiger partial charge in [-0.1, -0.05) is 5.16 Å². The summed E-state index contributed by atoms with van der Waals surface area (Å²) in [4.78, 5) is 43.8. The van der Waals surface area contributed by atoms with Gasteiger partial charge in [-0.05, 0) is 45.9 Å². The van der Waals surface area contributed by atoms with E-state index < -0.39 is 28.5 Å². The number of allylic oxidation sites excluding steroid dienone is 4. The Hall–Kier alpha value is -5.13. The van der Waals surface area contributed by atoms with Gasteiger partial charge in [0.25, 0.3) is 0 Å². The molecule has 12 nitrogen and oxygen atoms in total. The molecule has 0 radical (unpaired) electrons. The van der Waals surface area contributed by atoms with E-state index in [1.54, 1.807) is 32.2 Å². The van der Waals surface area contributed by atoms with Crippen molar-refractivity contribution in [2.75, 3.05) is 20.8 Å². The van der Waals surface area contributed by atoms with Crippen LogP contribution < -0.4 is 19.5 Å². The highest BCUT2D eigenvalue weighted by Gasteiger charge is 2.56. The van der Waals surface area contributed by atoms with E-state index in [2.05, 4.69) is 15.5 Å². The Bertz CT molecular complexity index is 1730. The molecular weight excluding hydrogens is 546 g/mol. The van der Waals surface area contributed by atoms with Crippen LogP contribution in [-0.2, 0) is 21.4 Å². The summed E-state index contributed by atoms with van der Waals surface area (Å²) >= 11 is 0. The minimum atomic E-state index is -1.59. The van der Waals surface area contributed by atoms with Crippen LogP contribution in [0.15, 0.2) is 45.8 Å². The summed E-state index contributed by atoms with van der Waals surface area (Å²) in [6.07, 6.45) is 1.46. The lowest BCUT2D eigenvalue weighted by Gasteiger charge is -2.29. The lowest BCUT2D eigenvalue weighted by Crippen LogP contribution is -2.41. The van der Waals surface area contributed by atoms with Gasteiger partial charge in [0.1, 0.15) is 34.0 Å². The van der Waals surface area contributed by atoms with Crippen LogP contribution in [0, 0.1) is 6.92 Å². The molecule has 0 fully saturated rings. The summed E-state index contributed by atoms with van der Waals surface area (Å²) in [5.74, 6) is -0.935. The van der Waals surface area contributed by atoms with Crippen molar-refractivity contribution in [2.45, 2.75) is 39.5 Å². The average molecular weight is 576 g/mol. The summed E-state index contributed by atoms with van der Waals surface area (Å²) < 4.78 is 21.7. The maximum Gasteiger partial charge on any atom is 0.228 e. The number of carbonyl (C=O) groups excluding carboxylic acids is 3. The Morgan fingerprint density at radius 3 is 2.48 bits per heavy atom. The number of nitrogens with zero attached hydrogens (tertiary/aromatic N) is 2. The van der Waals surface area contributed by atoms with Crippen LogP contribution in [0.4, 0.5) is 0 Å². The van der Waals surface area contributed by atoms with Crippen molar-refractivity contribution in [3.8, 4) is 40.1 Å². The number of benzene rings is 2. The van der Waals surface area contributed by atoms with Crippen LogP contribution in [0.2, 0.25) is 0 Å². The molecule has 2 aliphatic rings. The maximum absolute atomic E-state index is 13.9. The number of phenols is 2. The minimum Gasteiger partial charge on any atom is -0.507 e. The molecular formula is C30H29N3O9. The van der Waals surface area contributed by atoms with E-state index in [1.807, 2.05) is 0 Å². The minimum absolute atomic E-state index is 0.0274. The average Bonchev–Trinajstić information content (AvgIpc) is 3.54. The van der Waals surface area contributed by atoms with Gasteiger partial charge < -0.3 is 34.3 Å². The van der Waals surface area contributed by atoms with Crippen molar-refractivity contribution in [3.63, 3.8) is 0 Å². The van der Waals surface area contributed by atoms with Crippen LogP contribution in [0.25, 0.3) is 11.4 Å². The summed E-state index contributed by atoms with van der Waals surface area (Å²) in [7, 11) is 3.07. The van der Waals surface area contributed by atoms with Crippen molar-refractivity contribution in [2.24, 2.45) is 0 Å². The number of ether oxygens (including phenoxy) is 3. The Labute approximate surface area is 240 Å². The van der Waals surface area contributed by atoms with Gasteiger partial charge in [0.15, 0.2) is 28.8 Å². The molecule has 0 saturated heterocycles. The zero-order valence-corrected chi connectivity index (χ0v) is 23.9. The van der Waals surface area contributed by atoms with Gasteiger partial charge in [0.2, 0.25) is 11.7 Å². The number of Topliss-reactive ketones (excluding diaryl/α,β-unsaturated/α-hetero) is 2. The zero-order chi connectivity index (χ0) is 30.5. The molecule has 3 aromatic rings. The number of aromatic hydroxyl groups is 2. The van der Waals surface area contributed by atoms with Crippen LogP contribution in [-0.4, -0.2) is 58.5 Å². The molecule has 1 atom stereocenters. The number of ketones is 3. The fraction of sp³-hybridized carbons (Fsp3) is 0.300. The number of nitrogens with one attached hydrogen (secondary N) is 1. The molecule has 0 unspecified atom stereocenters. The number of carbonyl (C=O) groups is 3. The molecule has 1 aromatic heterocycles. The number of phenolic OH excluding ortho intramolecular Hbond substituents is 2. The van der Waals surface area contributed by atoms with E-state index in [-0.39, 0.29) is 46.1 Å². The van der Waals surface area contributed by atoms with Crippen molar-refractivity contribution in [1.82, 2.24) is 15.5 Å². The number of fused-ring (bicyclic) bond motifs is 3. The molecule has 3 N–H and O–H groups in total. The summed E-state index contributed by atoms with van der Waals surface area (Å²) in [5, 5.41) is 28.5. The first-order chi connectivity index (χ1) is 19.9. The van der Waals surface area contributed by atoms with E-state index in [0.717, 1.165) is 0 Å². The lowest BCUT2D eigenvalue weighted by molar-refractivity contribution is -0.123. The van der Waals surface area contributed by atoms with E-state index >= 15 is 0 Å². The fourth-order valence-electron chi connectivity index (χ4n) is 5.26. The normalized spacial score (nSPS) is 18.6. The third kappa shape index (κ3) is 4.26. The topological polar surface area (TPSA) is 170 Å². The molecule has 1 aliphatic carbocycles. The lowest BCUT2D eigenvalue weighted by atomic mass is 9.70. The van der Waals surface area contributed by atoms with Gasteiger partial charge in [-0.2, -0.15) is 4.98 Å². The standard InChI is InChI=1S/C30H29N3O9/c1-13-25(36)23(15(3)34)27-24(26(13)37)30(4)20(41-27)12-17(35)22(28(30)38)14(2)31-10-9-21-32-29(33-42-21)16-7-8-18(39-5)19(11-16)40-6/h7-8,11-12,31,36-37H,9-10H2,1-6H3/b22-14+/t30-/m1/s1. The van der Waals surface area contributed by atoms with Crippen LogP contribution in [0.5, 0.6) is 28.7 Å². The number of methoxy groups -OCH3 is 2. The Balaban J connectivity index is 1.39. The number of rotatable bonds is 8. The molecule has 12 heteroatoms. The molecule has 42 heavy (non-hydrogen) atoms. The summed E-state index contributed by atoms with van der Waals surface area (Å²) in [5.41, 5.74) is -0.839. The largest absolute Gasteiger partial charge is 0.507 e. The zero-order valence-electron chi connectivity index (χ0n) is 23.9. The Morgan fingerprint density at radius 2 is 1.81 bits per heavy atom. The molecule has 0 bridgehead atoms. The highest BCUT2D eigenvalue weighted by Crippen LogP contribution is 2.57. The van der Waals surface area contributed by atoms with E-state index in [1.165, 1.54) is 34.0 Å². The van der Waals surface area contributed by atoms with Gasteiger partial charge in [-0.3, -0.25) is 14.4 Å². The number of hydrogen-bond donors (Lipinski definition) is 3. The van der Waals surface area contributed by atoms with Gasteiger partial charge in [0, 0.05) is 35.9 Å². The second-order valence-electron chi connectivity index (χ2n) is 10.1.